The Hall–Kier alpha value is -2.16. The van der Waals surface area contributed by atoms with Gasteiger partial charge >= 0.3 is 52.1 Å². The zero-order chi connectivity index (χ0) is 36.8. The highest BCUT2D eigenvalue weighted by Gasteiger charge is 2.88. The molecule has 49 heavy (non-hydrogen) atoms. The molecule has 0 atom stereocenters. The summed E-state index contributed by atoms with van der Waals surface area (Å²) in [6.07, 6.45) is 9.87. The molecule has 9 nitrogen and oxygen atoms in total. The van der Waals surface area contributed by atoms with Gasteiger partial charge in [-0.3, -0.25) is 0 Å². The molecule has 0 bridgehead atoms. The van der Waals surface area contributed by atoms with Crippen LogP contribution in [0, 0.1) is 4.91 Å². The van der Waals surface area contributed by atoms with Crippen LogP contribution in [0.4, 0.5) is 39.5 Å². The van der Waals surface area contributed by atoms with Crippen LogP contribution in [0.25, 0.3) is 0 Å². The van der Waals surface area contributed by atoms with E-state index in [0.717, 1.165) is 50.5 Å². The molecule has 1 aromatic rings. The number of benzene rings is 1. The second kappa shape index (κ2) is 13.8. The summed E-state index contributed by atoms with van der Waals surface area (Å²) in [5, 5.41) is -15.0. The molecule has 0 aliphatic heterocycles. The van der Waals surface area contributed by atoms with Crippen molar-refractivity contribution < 1.29 is 72.5 Å². The summed E-state index contributed by atoms with van der Waals surface area (Å²) in [5.74, 6) is -9.61. The minimum absolute atomic E-state index is 0.0122. The van der Waals surface area contributed by atoms with Crippen molar-refractivity contribution in [2.75, 3.05) is 0 Å². The van der Waals surface area contributed by atoms with Crippen molar-refractivity contribution in [1.29, 1.82) is 0 Å². The Morgan fingerprint density at radius 2 is 0.918 bits per heavy atom. The SMILES string of the molecule is O=[N+](S(=O)(=O)C(F)(F)F)S(=O)(=O)C(F)(F)C(F)(F)C(F)(F)S(=O)(=O)Oc1c(C2CCCCC2)cc(C2CCCCC2)cc1C1CCCCC1. The van der Waals surface area contributed by atoms with Crippen molar-refractivity contribution >= 4 is 30.2 Å². The van der Waals surface area contributed by atoms with Crippen molar-refractivity contribution in [3.05, 3.63) is 33.7 Å². The van der Waals surface area contributed by atoms with E-state index in [2.05, 4.69) is 4.18 Å². The molecule has 0 aromatic heterocycles. The molecule has 3 saturated carbocycles. The van der Waals surface area contributed by atoms with Crippen molar-refractivity contribution in [2.45, 2.75) is 136 Å². The van der Waals surface area contributed by atoms with Crippen LogP contribution in [0.15, 0.2) is 12.1 Å². The van der Waals surface area contributed by atoms with E-state index in [4.69, 9.17) is 0 Å². The minimum Gasteiger partial charge on any atom is -0.377 e. The highest BCUT2D eigenvalue weighted by atomic mass is 32.3. The maximum atomic E-state index is 15.3. The predicted octanol–water partition coefficient (Wildman–Crippen LogP) is 8.32. The topological polar surface area (TPSA) is 132 Å². The lowest BCUT2D eigenvalue weighted by Crippen LogP contribution is -2.63. The number of halogens is 9. The average Bonchev–Trinajstić information content (AvgIpc) is 3.04. The van der Waals surface area contributed by atoms with Crippen LogP contribution in [0.1, 0.15) is 131 Å². The number of hydrogen-bond acceptors (Lipinski definition) is 8. The first-order valence-corrected chi connectivity index (χ1v) is 20.0. The third-order valence-electron chi connectivity index (χ3n) is 9.58. The quantitative estimate of drug-likeness (QED) is 0.125. The fourth-order valence-electron chi connectivity index (χ4n) is 6.86. The molecular formula is C28H35F9NO8S3+. The van der Waals surface area contributed by atoms with Crippen molar-refractivity contribution in [3.8, 4) is 5.75 Å². The van der Waals surface area contributed by atoms with Gasteiger partial charge in [0.1, 0.15) is 5.75 Å². The molecule has 4 rings (SSSR count). The lowest BCUT2D eigenvalue weighted by atomic mass is 9.75. The number of nitroso groups, excluding NO2 is 1. The Bertz CT molecular complexity index is 1690. The van der Waals surface area contributed by atoms with Crippen LogP contribution in [-0.4, -0.2) is 50.8 Å². The molecule has 21 heteroatoms. The van der Waals surface area contributed by atoms with Crippen LogP contribution >= 0.6 is 0 Å². The van der Waals surface area contributed by atoms with E-state index in [1.165, 1.54) is 12.1 Å². The van der Waals surface area contributed by atoms with Gasteiger partial charge in [-0.25, -0.2) is 0 Å². The summed E-state index contributed by atoms with van der Waals surface area (Å²) in [4.78, 5) is 11.5. The highest BCUT2D eigenvalue weighted by Crippen LogP contribution is 2.54. The molecule has 0 spiro atoms. The molecule has 280 valence electrons. The fourth-order valence-corrected chi connectivity index (χ4v) is 10.3. The second-order valence-corrected chi connectivity index (χ2v) is 18.2. The van der Waals surface area contributed by atoms with Gasteiger partial charge in [0.15, 0.2) is 0 Å². The Balaban J connectivity index is 1.86. The molecule has 0 N–H and O–H groups in total. The fraction of sp³-hybridized carbons (Fsp3) is 0.786. The standard InChI is InChI=1S/C28H35F9NO8S3/c29-25(30,26(31,32)47(40,41)38(39)48(42,43)28(35,36)37)27(33,34)49(44,45)46-24-22(19-12-6-2-7-13-19)16-21(18-10-4-1-5-11-18)17-23(24)20-14-8-3-9-15-20/h16-20H,1-15H2/q+1. The van der Waals surface area contributed by atoms with Gasteiger partial charge in [0.25, 0.3) is 3.57 Å². The average molecular weight is 781 g/mol. The summed E-state index contributed by atoms with van der Waals surface area (Å²) < 4.78 is 201. The third kappa shape index (κ3) is 7.04. The number of nitrogens with zero attached hydrogens (tertiary/aromatic N) is 1. The zero-order valence-electron chi connectivity index (χ0n) is 25.8. The summed E-state index contributed by atoms with van der Waals surface area (Å²) in [7, 11) is -23.7. The van der Waals surface area contributed by atoms with Gasteiger partial charge in [0.2, 0.25) is 0 Å². The maximum Gasteiger partial charge on any atom is 0.566 e. The van der Waals surface area contributed by atoms with Crippen LogP contribution < -0.4 is 4.18 Å². The smallest absolute Gasteiger partial charge is 0.377 e. The van der Waals surface area contributed by atoms with Gasteiger partial charge in [-0.05, 0) is 73.0 Å². The van der Waals surface area contributed by atoms with E-state index in [0.29, 0.717) is 51.4 Å². The van der Waals surface area contributed by atoms with E-state index in [1.54, 1.807) is 0 Å². The second-order valence-electron chi connectivity index (χ2n) is 12.8. The summed E-state index contributed by atoms with van der Waals surface area (Å²) in [5.41, 5.74) is -6.10. The van der Waals surface area contributed by atoms with E-state index in [-0.39, 0.29) is 17.0 Å². The van der Waals surface area contributed by atoms with Gasteiger partial charge in [-0.2, -0.15) is 56.3 Å². The number of hydrogen-bond donors (Lipinski definition) is 0. The minimum atomic E-state index is -8.44. The summed E-state index contributed by atoms with van der Waals surface area (Å²) in [6, 6.07) is 3.08. The van der Waals surface area contributed by atoms with Crippen molar-refractivity contribution in [3.63, 3.8) is 0 Å². The molecule has 3 aliphatic carbocycles. The Kier molecular flexibility index (Phi) is 11.1. The summed E-state index contributed by atoms with van der Waals surface area (Å²) >= 11 is 0. The van der Waals surface area contributed by atoms with Gasteiger partial charge in [-0.15, -0.1) is 8.42 Å². The van der Waals surface area contributed by atoms with E-state index >= 15 is 8.78 Å². The van der Waals surface area contributed by atoms with Crippen LogP contribution in [0.2, 0.25) is 0 Å². The molecule has 0 radical (unpaired) electrons. The maximum absolute atomic E-state index is 15.3. The molecule has 0 amide bonds. The molecule has 3 fully saturated rings. The molecular weight excluding hydrogens is 745 g/mol. The van der Waals surface area contributed by atoms with Gasteiger partial charge in [-0.1, -0.05) is 69.9 Å². The first-order valence-electron chi connectivity index (χ1n) is 15.7. The van der Waals surface area contributed by atoms with Gasteiger partial charge < -0.3 is 4.18 Å². The van der Waals surface area contributed by atoms with E-state index in [1.807, 2.05) is 0 Å². The predicted molar refractivity (Wildman–Crippen MR) is 156 cm³/mol. The van der Waals surface area contributed by atoms with Crippen molar-refractivity contribution in [1.82, 2.24) is 0 Å². The highest BCUT2D eigenvalue weighted by molar-refractivity contribution is 7.98. The molecule has 0 unspecified atom stereocenters. The van der Waals surface area contributed by atoms with E-state index < -0.39 is 73.3 Å². The lowest BCUT2D eigenvalue weighted by molar-refractivity contribution is -0.284. The first kappa shape index (κ1) is 39.6. The molecule has 1 aromatic carbocycles. The van der Waals surface area contributed by atoms with E-state index in [9.17, 15) is 60.9 Å². The molecule has 3 aliphatic rings. The first-order chi connectivity index (χ1) is 22.4. The number of rotatable bonds is 11. The van der Waals surface area contributed by atoms with Crippen LogP contribution in [0.3, 0.4) is 0 Å². The zero-order valence-corrected chi connectivity index (χ0v) is 28.3. The normalized spacial score (nSPS) is 20.7. The lowest BCUT2D eigenvalue weighted by Gasteiger charge is -2.33. The van der Waals surface area contributed by atoms with Gasteiger partial charge in [0.05, 0.1) is 4.91 Å². The van der Waals surface area contributed by atoms with Crippen LogP contribution in [-0.2, 0) is 30.2 Å². The third-order valence-corrected chi connectivity index (χ3v) is 14.3. The number of alkyl halides is 9. The van der Waals surface area contributed by atoms with Crippen molar-refractivity contribution in [2.24, 2.45) is 0 Å². The number of sulfonamides is 2. The molecule has 0 heterocycles. The van der Waals surface area contributed by atoms with Crippen LogP contribution in [0.5, 0.6) is 5.75 Å². The summed E-state index contributed by atoms with van der Waals surface area (Å²) in [6.45, 7) is 0. The Morgan fingerprint density at radius 1 is 0.551 bits per heavy atom. The van der Waals surface area contributed by atoms with Gasteiger partial charge in [0, 0.05) is 0 Å². The largest absolute Gasteiger partial charge is 0.566 e. The monoisotopic (exact) mass is 780 g/mol. The molecule has 0 saturated heterocycles. The Labute approximate surface area is 277 Å². The Morgan fingerprint density at radius 3 is 1.29 bits per heavy atom.